The van der Waals surface area contributed by atoms with Crippen LogP contribution in [-0.2, 0) is 0 Å². The van der Waals surface area contributed by atoms with E-state index in [2.05, 4.69) is 9.97 Å². The molecule has 0 atom stereocenters. The van der Waals surface area contributed by atoms with Gasteiger partial charge >= 0.3 is 0 Å². The molecule has 1 aromatic carbocycles. The number of fused-ring (bicyclic) bond motifs is 1. The zero-order valence-electron chi connectivity index (χ0n) is 12.7. The minimum absolute atomic E-state index is 0.503. The van der Waals surface area contributed by atoms with Gasteiger partial charge in [0, 0.05) is 46.5 Å². The fourth-order valence-corrected chi connectivity index (χ4v) is 2.98. The lowest BCUT2D eigenvalue weighted by molar-refractivity contribution is 0.165. The maximum Gasteiger partial charge on any atom is 0.257 e. The lowest BCUT2D eigenvalue weighted by Gasteiger charge is -2.20. The van der Waals surface area contributed by atoms with Crippen LogP contribution in [0.4, 0.5) is 5.69 Å². The fraction of sp³-hybridized carbons (Fsp3) is 0.111. The molecule has 0 aliphatic carbocycles. The Morgan fingerprint density at radius 1 is 0.958 bits per heavy atom. The van der Waals surface area contributed by atoms with E-state index in [-0.39, 0.29) is 0 Å². The van der Waals surface area contributed by atoms with E-state index in [4.69, 9.17) is 26.8 Å². The highest BCUT2D eigenvalue weighted by Crippen LogP contribution is 2.39. The SMILES string of the molecule is Nc1ccc(-c2cncc(-c3ccnc4c3OCCO4)c2)c(Cl)c1. The van der Waals surface area contributed by atoms with Crippen LogP contribution in [0.25, 0.3) is 22.3 Å². The van der Waals surface area contributed by atoms with Crippen molar-refractivity contribution in [3.63, 3.8) is 0 Å². The van der Waals surface area contributed by atoms with Crippen molar-refractivity contribution in [2.24, 2.45) is 0 Å². The van der Waals surface area contributed by atoms with E-state index in [0.717, 1.165) is 22.3 Å². The Bertz CT molecular complexity index is 915. The van der Waals surface area contributed by atoms with Crippen molar-refractivity contribution in [2.75, 3.05) is 18.9 Å². The number of benzene rings is 1. The minimum Gasteiger partial charge on any atom is -0.484 e. The van der Waals surface area contributed by atoms with E-state index in [0.29, 0.717) is 35.6 Å². The number of nitrogens with zero attached hydrogens (tertiary/aromatic N) is 2. The molecule has 2 aromatic heterocycles. The molecule has 0 unspecified atom stereocenters. The van der Waals surface area contributed by atoms with Gasteiger partial charge in [-0.3, -0.25) is 4.98 Å². The fourth-order valence-electron chi connectivity index (χ4n) is 2.68. The molecule has 2 N–H and O–H groups in total. The summed E-state index contributed by atoms with van der Waals surface area (Å²) in [6, 6.07) is 9.34. The van der Waals surface area contributed by atoms with Crippen LogP contribution in [0.1, 0.15) is 0 Å². The number of rotatable bonds is 2. The van der Waals surface area contributed by atoms with Gasteiger partial charge in [-0.2, -0.15) is 0 Å². The first-order valence-electron chi connectivity index (χ1n) is 7.48. The molecule has 3 heterocycles. The van der Waals surface area contributed by atoms with Crippen molar-refractivity contribution < 1.29 is 9.47 Å². The number of hydrogen-bond acceptors (Lipinski definition) is 5. The molecule has 1 aliphatic heterocycles. The quantitative estimate of drug-likeness (QED) is 0.719. The molecular formula is C18H14ClN3O2. The maximum atomic E-state index is 6.32. The molecule has 4 rings (SSSR count). The normalized spacial score (nSPS) is 12.9. The highest BCUT2D eigenvalue weighted by molar-refractivity contribution is 6.33. The third-order valence-corrected chi connectivity index (χ3v) is 4.11. The van der Waals surface area contributed by atoms with Gasteiger partial charge in [-0.05, 0) is 24.3 Å². The molecule has 3 aromatic rings. The van der Waals surface area contributed by atoms with Crippen molar-refractivity contribution >= 4 is 17.3 Å². The summed E-state index contributed by atoms with van der Waals surface area (Å²) in [6.07, 6.45) is 5.25. The summed E-state index contributed by atoms with van der Waals surface area (Å²) in [5.74, 6) is 1.15. The van der Waals surface area contributed by atoms with Crippen molar-refractivity contribution in [2.45, 2.75) is 0 Å². The van der Waals surface area contributed by atoms with Crippen molar-refractivity contribution in [1.82, 2.24) is 9.97 Å². The molecule has 0 fully saturated rings. The minimum atomic E-state index is 0.503. The largest absolute Gasteiger partial charge is 0.484 e. The molecule has 0 saturated heterocycles. The Balaban J connectivity index is 1.81. The van der Waals surface area contributed by atoms with Crippen molar-refractivity contribution in [1.29, 1.82) is 0 Å². The number of hydrogen-bond donors (Lipinski definition) is 1. The highest BCUT2D eigenvalue weighted by atomic mass is 35.5. The summed E-state index contributed by atoms with van der Waals surface area (Å²) in [5.41, 5.74) is 9.97. The van der Waals surface area contributed by atoms with Gasteiger partial charge < -0.3 is 15.2 Å². The lowest BCUT2D eigenvalue weighted by atomic mass is 10.0. The summed E-state index contributed by atoms with van der Waals surface area (Å²) < 4.78 is 11.3. The van der Waals surface area contributed by atoms with Crippen LogP contribution in [0.5, 0.6) is 11.6 Å². The third-order valence-electron chi connectivity index (χ3n) is 3.79. The zero-order valence-corrected chi connectivity index (χ0v) is 13.5. The van der Waals surface area contributed by atoms with Gasteiger partial charge in [0.2, 0.25) is 0 Å². The Morgan fingerprint density at radius 2 is 1.75 bits per heavy atom. The molecule has 0 amide bonds. The van der Waals surface area contributed by atoms with Gasteiger partial charge in [-0.1, -0.05) is 17.7 Å². The number of aromatic nitrogens is 2. The second-order valence-corrected chi connectivity index (χ2v) is 5.80. The zero-order chi connectivity index (χ0) is 16.5. The van der Waals surface area contributed by atoms with Gasteiger partial charge in [-0.25, -0.2) is 4.98 Å². The molecule has 120 valence electrons. The Kier molecular flexibility index (Phi) is 3.70. The standard InChI is InChI=1S/C18H14ClN3O2/c19-16-8-13(20)1-2-14(16)11-7-12(10-21-9-11)15-3-4-22-18-17(15)23-5-6-24-18/h1-4,7-10H,5-6,20H2. The van der Waals surface area contributed by atoms with Gasteiger partial charge in [0.25, 0.3) is 5.88 Å². The monoisotopic (exact) mass is 339 g/mol. The van der Waals surface area contributed by atoms with Crippen molar-refractivity contribution in [3.05, 3.63) is 53.9 Å². The molecule has 1 aliphatic rings. The van der Waals surface area contributed by atoms with E-state index >= 15 is 0 Å². The number of halogens is 1. The topological polar surface area (TPSA) is 70.3 Å². The molecule has 6 heteroatoms. The Labute approximate surface area is 144 Å². The first-order valence-corrected chi connectivity index (χ1v) is 7.85. The molecule has 0 radical (unpaired) electrons. The van der Waals surface area contributed by atoms with Crippen LogP contribution in [0.15, 0.2) is 48.9 Å². The van der Waals surface area contributed by atoms with E-state index in [9.17, 15) is 0 Å². The number of pyridine rings is 2. The molecule has 0 saturated carbocycles. The number of anilines is 1. The Hall–Kier alpha value is -2.79. The van der Waals surface area contributed by atoms with Gasteiger partial charge in [0.1, 0.15) is 13.2 Å². The van der Waals surface area contributed by atoms with Crippen LogP contribution < -0.4 is 15.2 Å². The second-order valence-electron chi connectivity index (χ2n) is 5.39. The summed E-state index contributed by atoms with van der Waals surface area (Å²) in [7, 11) is 0. The first-order chi connectivity index (χ1) is 11.7. The number of nitrogen functional groups attached to an aromatic ring is 1. The predicted molar refractivity (Wildman–Crippen MR) is 93.3 cm³/mol. The highest BCUT2D eigenvalue weighted by Gasteiger charge is 2.19. The van der Waals surface area contributed by atoms with E-state index in [1.807, 2.05) is 24.3 Å². The van der Waals surface area contributed by atoms with Crippen LogP contribution in [0.2, 0.25) is 5.02 Å². The summed E-state index contributed by atoms with van der Waals surface area (Å²) in [5, 5.41) is 0.588. The average molecular weight is 340 g/mol. The summed E-state index contributed by atoms with van der Waals surface area (Å²) in [4.78, 5) is 8.55. The molecular weight excluding hydrogens is 326 g/mol. The maximum absolute atomic E-state index is 6.32. The van der Waals surface area contributed by atoms with Crippen molar-refractivity contribution in [3.8, 4) is 33.9 Å². The van der Waals surface area contributed by atoms with Gasteiger partial charge in [-0.15, -0.1) is 0 Å². The molecule has 24 heavy (non-hydrogen) atoms. The summed E-state index contributed by atoms with van der Waals surface area (Å²) >= 11 is 6.32. The number of ether oxygens (including phenoxy) is 2. The third kappa shape index (κ3) is 2.63. The average Bonchev–Trinajstić information content (AvgIpc) is 2.61. The van der Waals surface area contributed by atoms with Gasteiger partial charge in [0.15, 0.2) is 5.75 Å². The number of nitrogens with two attached hydrogens (primary N) is 1. The molecule has 0 bridgehead atoms. The summed E-state index contributed by atoms with van der Waals surface area (Å²) in [6.45, 7) is 1.01. The van der Waals surface area contributed by atoms with Crippen LogP contribution >= 0.6 is 11.6 Å². The molecule has 0 spiro atoms. The van der Waals surface area contributed by atoms with Gasteiger partial charge in [0.05, 0.1) is 5.02 Å². The smallest absolute Gasteiger partial charge is 0.257 e. The lowest BCUT2D eigenvalue weighted by Crippen LogP contribution is -2.16. The van der Waals surface area contributed by atoms with E-state index in [1.165, 1.54) is 0 Å². The predicted octanol–water partition coefficient (Wildman–Crippen LogP) is 3.82. The van der Waals surface area contributed by atoms with E-state index in [1.54, 1.807) is 24.7 Å². The first kappa shape index (κ1) is 14.8. The van der Waals surface area contributed by atoms with Crippen LogP contribution in [-0.4, -0.2) is 23.2 Å². The Morgan fingerprint density at radius 3 is 2.58 bits per heavy atom. The van der Waals surface area contributed by atoms with E-state index < -0.39 is 0 Å². The molecule has 5 nitrogen and oxygen atoms in total. The van der Waals surface area contributed by atoms with Crippen LogP contribution in [0.3, 0.4) is 0 Å². The second kappa shape index (κ2) is 6.02. The van der Waals surface area contributed by atoms with Crippen LogP contribution in [0, 0.1) is 0 Å².